The van der Waals surface area contributed by atoms with E-state index in [-0.39, 0.29) is 6.04 Å². The van der Waals surface area contributed by atoms with Crippen LogP contribution in [0.5, 0.6) is 0 Å². The largest absolute Gasteiger partial charge is 0.306 e. The van der Waals surface area contributed by atoms with Gasteiger partial charge in [-0.2, -0.15) is 5.10 Å². The molecule has 0 aliphatic heterocycles. The summed E-state index contributed by atoms with van der Waals surface area (Å²) in [6.07, 6.45) is 5.76. The molecular formula is C27H25N5. The molecule has 5 rings (SSSR count). The van der Waals surface area contributed by atoms with Gasteiger partial charge in [-0.3, -0.25) is 0 Å². The molecule has 0 aliphatic rings. The van der Waals surface area contributed by atoms with Gasteiger partial charge in [0.2, 0.25) is 0 Å². The van der Waals surface area contributed by atoms with Crippen molar-refractivity contribution in [3.63, 3.8) is 0 Å². The fourth-order valence-corrected chi connectivity index (χ4v) is 4.06. The zero-order chi connectivity index (χ0) is 21.9. The highest BCUT2D eigenvalue weighted by Gasteiger charge is 2.14. The van der Waals surface area contributed by atoms with Crippen LogP contribution >= 0.6 is 0 Å². The number of nitrogens with zero attached hydrogens (tertiary/aromatic N) is 4. The molecule has 2 aromatic heterocycles. The number of benzene rings is 3. The van der Waals surface area contributed by atoms with Gasteiger partial charge in [0.25, 0.3) is 0 Å². The molecule has 0 fully saturated rings. The van der Waals surface area contributed by atoms with Crippen molar-refractivity contribution in [3.05, 3.63) is 108 Å². The van der Waals surface area contributed by atoms with Crippen molar-refractivity contribution in [3.8, 4) is 17.1 Å². The fourth-order valence-electron chi connectivity index (χ4n) is 4.06. The van der Waals surface area contributed by atoms with E-state index in [1.54, 1.807) is 0 Å². The minimum Gasteiger partial charge on any atom is -0.306 e. The van der Waals surface area contributed by atoms with E-state index in [1.165, 1.54) is 16.3 Å². The third-order valence-corrected chi connectivity index (χ3v) is 5.86. The van der Waals surface area contributed by atoms with E-state index in [9.17, 15) is 0 Å². The third-order valence-electron chi connectivity index (χ3n) is 5.86. The molecule has 3 aromatic carbocycles. The monoisotopic (exact) mass is 419 g/mol. The Balaban J connectivity index is 1.29. The van der Waals surface area contributed by atoms with Crippen molar-refractivity contribution in [2.75, 3.05) is 0 Å². The Bertz CT molecular complexity index is 1330. The van der Waals surface area contributed by atoms with Crippen molar-refractivity contribution < 1.29 is 0 Å². The normalized spacial score (nSPS) is 12.2. The first-order valence-corrected chi connectivity index (χ1v) is 10.8. The van der Waals surface area contributed by atoms with Crippen LogP contribution in [0.15, 0.2) is 91.4 Å². The van der Waals surface area contributed by atoms with Crippen molar-refractivity contribution in [1.82, 2.24) is 25.1 Å². The van der Waals surface area contributed by atoms with Crippen LogP contribution in [0, 0.1) is 6.92 Å². The molecule has 0 amide bonds. The average molecular weight is 420 g/mol. The smallest absolute Gasteiger partial charge is 0.159 e. The zero-order valence-corrected chi connectivity index (χ0v) is 18.2. The van der Waals surface area contributed by atoms with Crippen molar-refractivity contribution in [1.29, 1.82) is 0 Å². The molecule has 0 bridgehead atoms. The highest BCUT2D eigenvalue weighted by Crippen LogP contribution is 2.26. The molecule has 158 valence electrons. The van der Waals surface area contributed by atoms with Crippen molar-refractivity contribution >= 4 is 10.8 Å². The molecule has 5 nitrogen and oxygen atoms in total. The predicted molar refractivity (Wildman–Crippen MR) is 129 cm³/mol. The molecule has 1 atom stereocenters. The van der Waals surface area contributed by atoms with Crippen LogP contribution in [-0.4, -0.2) is 19.7 Å². The van der Waals surface area contributed by atoms with Gasteiger partial charge in [-0.1, -0.05) is 60.7 Å². The molecule has 5 aromatic rings. The first-order valence-electron chi connectivity index (χ1n) is 10.8. The number of rotatable bonds is 6. The number of aromatic nitrogens is 4. The Labute approximate surface area is 187 Å². The summed E-state index contributed by atoms with van der Waals surface area (Å²) in [6.45, 7) is 4.95. The second-order valence-electron chi connectivity index (χ2n) is 7.98. The third kappa shape index (κ3) is 3.90. The Morgan fingerprint density at radius 1 is 0.844 bits per heavy atom. The molecule has 1 N–H and O–H groups in total. The summed E-state index contributed by atoms with van der Waals surface area (Å²) in [7, 11) is 0. The minimum atomic E-state index is 0.158. The van der Waals surface area contributed by atoms with E-state index < -0.39 is 0 Å². The molecule has 1 unspecified atom stereocenters. The van der Waals surface area contributed by atoms with Crippen LogP contribution < -0.4 is 5.32 Å². The summed E-state index contributed by atoms with van der Waals surface area (Å²) >= 11 is 0. The average Bonchev–Trinajstić information content (AvgIpc) is 3.24. The van der Waals surface area contributed by atoms with Crippen molar-refractivity contribution in [2.24, 2.45) is 0 Å². The van der Waals surface area contributed by atoms with Crippen LogP contribution in [0.1, 0.15) is 29.8 Å². The van der Waals surface area contributed by atoms with Crippen LogP contribution in [0.25, 0.3) is 27.8 Å². The van der Waals surface area contributed by atoms with Gasteiger partial charge in [-0.25, -0.2) is 14.6 Å². The van der Waals surface area contributed by atoms with Gasteiger partial charge in [0.1, 0.15) is 0 Å². The predicted octanol–water partition coefficient (Wildman–Crippen LogP) is 5.64. The number of hydrogen-bond donors (Lipinski definition) is 1. The molecular weight excluding hydrogens is 394 g/mol. The summed E-state index contributed by atoms with van der Waals surface area (Å²) in [6, 6.07) is 24.9. The maximum absolute atomic E-state index is 4.64. The number of fused-ring (bicyclic) bond motifs is 1. The molecule has 32 heavy (non-hydrogen) atoms. The summed E-state index contributed by atoms with van der Waals surface area (Å²) in [4.78, 5) is 9.29. The first kappa shape index (κ1) is 20.1. The van der Waals surface area contributed by atoms with Gasteiger partial charge in [-0.15, -0.1) is 0 Å². The molecule has 2 heterocycles. The summed E-state index contributed by atoms with van der Waals surface area (Å²) < 4.78 is 1.98. The maximum atomic E-state index is 4.64. The fraction of sp³-hybridized carbons (Fsp3) is 0.148. The lowest BCUT2D eigenvalue weighted by Crippen LogP contribution is -2.19. The lowest BCUT2D eigenvalue weighted by molar-refractivity contribution is 0.570. The topological polar surface area (TPSA) is 55.6 Å². The molecule has 0 aliphatic carbocycles. The Hall–Kier alpha value is -3.83. The van der Waals surface area contributed by atoms with Gasteiger partial charge in [-0.05, 0) is 36.8 Å². The summed E-state index contributed by atoms with van der Waals surface area (Å²) in [5.41, 5.74) is 5.50. The Morgan fingerprint density at radius 2 is 1.56 bits per heavy atom. The Kier molecular flexibility index (Phi) is 5.48. The zero-order valence-electron chi connectivity index (χ0n) is 18.2. The van der Waals surface area contributed by atoms with E-state index >= 15 is 0 Å². The molecule has 0 spiro atoms. The quantitative estimate of drug-likeness (QED) is 0.387. The van der Waals surface area contributed by atoms with Gasteiger partial charge >= 0.3 is 0 Å². The molecule has 0 radical (unpaired) electrons. The number of para-hydroxylation sites is 1. The SMILES string of the molecule is Cc1c(C(C)NCc2cnc(-c3cccc4ccccc34)nc2)cnn1-c1ccccc1. The van der Waals surface area contributed by atoms with Gasteiger partial charge < -0.3 is 5.32 Å². The molecule has 0 saturated heterocycles. The van der Waals surface area contributed by atoms with Gasteiger partial charge in [0.15, 0.2) is 5.82 Å². The molecule has 0 saturated carbocycles. The highest BCUT2D eigenvalue weighted by molar-refractivity contribution is 5.94. The lowest BCUT2D eigenvalue weighted by Gasteiger charge is -2.14. The first-order chi connectivity index (χ1) is 15.7. The highest BCUT2D eigenvalue weighted by atomic mass is 15.3. The van der Waals surface area contributed by atoms with Crippen LogP contribution in [-0.2, 0) is 6.54 Å². The summed E-state index contributed by atoms with van der Waals surface area (Å²) in [5.74, 6) is 0.749. The summed E-state index contributed by atoms with van der Waals surface area (Å²) in [5, 5.41) is 10.5. The standard InChI is InChI=1S/C27H25N5/c1-19(26-18-31-32(20(26)2)23-11-4-3-5-12-23)28-15-21-16-29-27(30-17-21)25-14-8-10-22-9-6-7-13-24(22)25/h3-14,16-19,28H,15H2,1-2H3. The van der Waals surface area contributed by atoms with Crippen LogP contribution in [0.4, 0.5) is 0 Å². The second kappa shape index (κ2) is 8.73. The van der Waals surface area contributed by atoms with E-state index in [1.807, 2.05) is 53.6 Å². The molecule has 5 heteroatoms. The van der Waals surface area contributed by atoms with Crippen LogP contribution in [0.3, 0.4) is 0 Å². The van der Waals surface area contributed by atoms with Crippen LogP contribution in [0.2, 0.25) is 0 Å². The number of hydrogen-bond acceptors (Lipinski definition) is 4. The van der Waals surface area contributed by atoms with Gasteiger partial charge in [0.05, 0.1) is 11.9 Å². The minimum absolute atomic E-state index is 0.158. The van der Waals surface area contributed by atoms with Crippen molar-refractivity contribution in [2.45, 2.75) is 26.4 Å². The van der Waals surface area contributed by atoms with Gasteiger partial charge in [0, 0.05) is 47.4 Å². The van der Waals surface area contributed by atoms with E-state index in [0.29, 0.717) is 6.54 Å². The van der Waals surface area contributed by atoms with E-state index in [4.69, 9.17) is 0 Å². The van der Waals surface area contributed by atoms with E-state index in [2.05, 4.69) is 76.7 Å². The number of nitrogens with one attached hydrogen (secondary N) is 1. The lowest BCUT2D eigenvalue weighted by atomic mass is 10.0. The van der Waals surface area contributed by atoms with E-state index in [0.717, 1.165) is 28.3 Å². The maximum Gasteiger partial charge on any atom is 0.159 e. The second-order valence-corrected chi connectivity index (χ2v) is 7.98. The Morgan fingerprint density at radius 3 is 2.38 bits per heavy atom.